The number of nitrogens with zero attached hydrogens (tertiary/aromatic N) is 1. The quantitative estimate of drug-likeness (QED) is 0.911. The molecule has 0 aliphatic carbocycles. The summed E-state index contributed by atoms with van der Waals surface area (Å²) >= 11 is 0. The highest BCUT2D eigenvalue weighted by molar-refractivity contribution is 7.89. The number of piperidine rings is 1. The maximum atomic E-state index is 13.6. The van der Waals surface area contributed by atoms with Gasteiger partial charge in [0.05, 0.1) is 12.0 Å². The molecule has 1 aliphatic rings. The van der Waals surface area contributed by atoms with Crippen molar-refractivity contribution in [1.82, 2.24) is 4.31 Å². The fraction of sp³-hybridized carbons (Fsp3) is 0.500. The highest BCUT2D eigenvalue weighted by Gasteiger charge is 2.28. The van der Waals surface area contributed by atoms with Crippen molar-refractivity contribution in [3.8, 4) is 5.75 Å². The van der Waals surface area contributed by atoms with E-state index in [4.69, 9.17) is 10.5 Å². The number of benzene rings is 1. The molecular formula is C12H18ClFN2O3S. The lowest BCUT2D eigenvalue weighted by atomic mass is 10.1. The molecule has 0 aromatic heterocycles. The van der Waals surface area contributed by atoms with Gasteiger partial charge in [-0.25, -0.2) is 12.8 Å². The Hall–Kier alpha value is -0.890. The second kappa shape index (κ2) is 6.71. The summed E-state index contributed by atoms with van der Waals surface area (Å²) in [4.78, 5) is -0.0544. The number of methoxy groups -OCH3 is 1. The molecule has 0 atom stereocenters. The lowest BCUT2D eigenvalue weighted by Crippen LogP contribution is -2.42. The molecule has 1 aromatic rings. The van der Waals surface area contributed by atoms with Crippen LogP contribution < -0.4 is 10.5 Å². The second-order valence-electron chi connectivity index (χ2n) is 4.54. The van der Waals surface area contributed by atoms with E-state index in [9.17, 15) is 12.8 Å². The topological polar surface area (TPSA) is 72.6 Å². The van der Waals surface area contributed by atoms with Crippen LogP contribution in [0.5, 0.6) is 5.75 Å². The fourth-order valence-electron chi connectivity index (χ4n) is 2.07. The molecule has 8 heteroatoms. The summed E-state index contributed by atoms with van der Waals surface area (Å²) in [7, 11) is -2.32. The van der Waals surface area contributed by atoms with E-state index in [1.54, 1.807) is 0 Å². The van der Waals surface area contributed by atoms with E-state index in [1.165, 1.54) is 23.5 Å². The maximum Gasteiger partial charge on any atom is 0.243 e. The number of hydrogen-bond donors (Lipinski definition) is 1. The Bertz CT molecular complexity index is 560. The normalized spacial score (nSPS) is 17.6. The SMILES string of the molecule is COc1ccc(S(=O)(=O)N2CCC(N)CC2)cc1F.Cl. The number of ether oxygens (including phenoxy) is 1. The van der Waals surface area contributed by atoms with E-state index in [-0.39, 0.29) is 29.1 Å². The molecule has 1 aromatic carbocycles. The van der Waals surface area contributed by atoms with Crippen molar-refractivity contribution in [2.75, 3.05) is 20.2 Å². The third-order valence-electron chi connectivity index (χ3n) is 3.26. The monoisotopic (exact) mass is 324 g/mol. The number of sulfonamides is 1. The summed E-state index contributed by atoms with van der Waals surface area (Å²) in [6, 6.07) is 3.70. The smallest absolute Gasteiger partial charge is 0.243 e. The van der Waals surface area contributed by atoms with Gasteiger partial charge in [-0.2, -0.15) is 4.31 Å². The van der Waals surface area contributed by atoms with Crippen LogP contribution in [0.4, 0.5) is 4.39 Å². The van der Waals surface area contributed by atoms with E-state index in [1.807, 2.05) is 0 Å². The molecule has 0 bridgehead atoms. The lowest BCUT2D eigenvalue weighted by molar-refractivity contribution is 0.319. The minimum atomic E-state index is -3.65. The lowest BCUT2D eigenvalue weighted by Gasteiger charge is -2.29. The van der Waals surface area contributed by atoms with Crippen LogP contribution in [0.1, 0.15) is 12.8 Å². The third kappa shape index (κ3) is 3.41. The molecule has 2 rings (SSSR count). The summed E-state index contributed by atoms with van der Waals surface area (Å²) in [6.45, 7) is 0.744. The predicted molar refractivity (Wildman–Crippen MR) is 76.2 cm³/mol. The average molecular weight is 325 g/mol. The van der Waals surface area contributed by atoms with E-state index >= 15 is 0 Å². The van der Waals surface area contributed by atoms with Crippen molar-refractivity contribution in [3.63, 3.8) is 0 Å². The summed E-state index contributed by atoms with van der Waals surface area (Å²) in [5, 5.41) is 0. The fourth-order valence-corrected chi connectivity index (χ4v) is 3.55. The van der Waals surface area contributed by atoms with Crippen molar-refractivity contribution in [1.29, 1.82) is 0 Å². The van der Waals surface area contributed by atoms with Crippen LogP contribution in [-0.4, -0.2) is 39.0 Å². The first-order chi connectivity index (χ1) is 8.95. The Morgan fingerprint density at radius 1 is 1.35 bits per heavy atom. The molecule has 1 aliphatic heterocycles. The van der Waals surface area contributed by atoms with Crippen molar-refractivity contribution < 1.29 is 17.5 Å². The Kier molecular flexibility index (Phi) is 5.76. The Labute approximate surface area is 124 Å². The first-order valence-corrected chi connectivity index (χ1v) is 7.48. The number of halogens is 2. The summed E-state index contributed by atoms with van der Waals surface area (Å²) in [6.07, 6.45) is 1.25. The molecule has 0 saturated carbocycles. The number of nitrogens with two attached hydrogens (primary N) is 1. The van der Waals surface area contributed by atoms with Crippen LogP contribution in [0.15, 0.2) is 23.1 Å². The Balaban J connectivity index is 0.00000200. The minimum Gasteiger partial charge on any atom is -0.494 e. The van der Waals surface area contributed by atoms with Gasteiger partial charge in [-0.05, 0) is 31.0 Å². The van der Waals surface area contributed by atoms with Crippen molar-refractivity contribution >= 4 is 22.4 Å². The molecule has 20 heavy (non-hydrogen) atoms. The Morgan fingerprint density at radius 2 is 1.95 bits per heavy atom. The van der Waals surface area contributed by atoms with Crippen LogP contribution in [0.25, 0.3) is 0 Å². The number of rotatable bonds is 3. The summed E-state index contributed by atoms with van der Waals surface area (Å²) in [5.74, 6) is -0.656. The molecule has 2 N–H and O–H groups in total. The molecule has 114 valence electrons. The maximum absolute atomic E-state index is 13.6. The number of hydrogen-bond acceptors (Lipinski definition) is 4. The molecule has 0 radical (unpaired) electrons. The van der Waals surface area contributed by atoms with Gasteiger partial charge in [-0.15, -0.1) is 12.4 Å². The molecule has 0 unspecified atom stereocenters. The van der Waals surface area contributed by atoms with Gasteiger partial charge in [0.1, 0.15) is 0 Å². The summed E-state index contributed by atoms with van der Waals surface area (Å²) < 4.78 is 44.3. The van der Waals surface area contributed by atoms with Crippen LogP contribution in [-0.2, 0) is 10.0 Å². The first-order valence-electron chi connectivity index (χ1n) is 6.04. The zero-order chi connectivity index (χ0) is 14.0. The van der Waals surface area contributed by atoms with Gasteiger partial charge < -0.3 is 10.5 Å². The van der Waals surface area contributed by atoms with Crippen LogP contribution in [0.3, 0.4) is 0 Å². The Morgan fingerprint density at radius 3 is 2.45 bits per heavy atom. The minimum absolute atomic E-state index is 0. The molecular weight excluding hydrogens is 307 g/mol. The zero-order valence-corrected chi connectivity index (χ0v) is 12.7. The van der Waals surface area contributed by atoms with Gasteiger partial charge in [0.25, 0.3) is 0 Å². The highest BCUT2D eigenvalue weighted by atomic mass is 35.5. The van der Waals surface area contributed by atoms with E-state index in [2.05, 4.69) is 0 Å². The molecule has 0 amide bonds. The van der Waals surface area contributed by atoms with Crippen LogP contribution >= 0.6 is 12.4 Å². The molecule has 1 saturated heterocycles. The van der Waals surface area contributed by atoms with Crippen molar-refractivity contribution in [2.24, 2.45) is 5.73 Å². The van der Waals surface area contributed by atoms with Crippen molar-refractivity contribution in [2.45, 2.75) is 23.8 Å². The third-order valence-corrected chi connectivity index (χ3v) is 5.15. The zero-order valence-electron chi connectivity index (χ0n) is 11.1. The highest BCUT2D eigenvalue weighted by Crippen LogP contribution is 2.24. The van der Waals surface area contributed by atoms with E-state index < -0.39 is 15.8 Å². The molecule has 1 heterocycles. The first kappa shape index (κ1) is 17.2. The molecule has 5 nitrogen and oxygen atoms in total. The van der Waals surface area contributed by atoms with E-state index in [0.717, 1.165) is 6.07 Å². The van der Waals surface area contributed by atoms with Gasteiger partial charge >= 0.3 is 0 Å². The average Bonchev–Trinajstić information content (AvgIpc) is 2.39. The van der Waals surface area contributed by atoms with Crippen molar-refractivity contribution in [3.05, 3.63) is 24.0 Å². The van der Waals surface area contributed by atoms with Crippen LogP contribution in [0, 0.1) is 5.82 Å². The standard InChI is InChI=1S/C12H17FN2O3S.ClH/c1-18-12-3-2-10(8-11(12)13)19(16,17)15-6-4-9(14)5-7-15;/h2-3,8-9H,4-7,14H2,1H3;1H. The predicted octanol–water partition coefficient (Wildman–Crippen LogP) is 1.37. The van der Waals surface area contributed by atoms with Crippen LogP contribution in [0.2, 0.25) is 0 Å². The van der Waals surface area contributed by atoms with Gasteiger partial charge in [0, 0.05) is 19.1 Å². The molecule has 1 fully saturated rings. The van der Waals surface area contributed by atoms with E-state index in [0.29, 0.717) is 25.9 Å². The van der Waals surface area contributed by atoms with Gasteiger partial charge in [-0.3, -0.25) is 0 Å². The largest absolute Gasteiger partial charge is 0.494 e. The van der Waals surface area contributed by atoms with Gasteiger partial charge in [0.15, 0.2) is 11.6 Å². The summed E-state index contributed by atoms with van der Waals surface area (Å²) in [5.41, 5.74) is 5.74. The van der Waals surface area contributed by atoms with Gasteiger partial charge in [-0.1, -0.05) is 0 Å². The molecule has 0 spiro atoms. The second-order valence-corrected chi connectivity index (χ2v) is 6.48. The van der Waals surface area contributed by atoms with Gasteiger partial charge in [0.2, 0.25) is 10.0 Å².